The summed E-state index contributed by atoms with van der Waals surface area (Å²) in [6, 6.07) is 9.10. The van der Waals surface area contributed by atoms with Gasteiger partial charge in [-0.05, 0) is 42.0 Å². The number of ether oxygens (including phenoxy) is 1. The highest BCUT2D eigenvalue weighted by Gasteiger charge is 2.12. The van der Waals surface area contributed by atoms with Gasteiger partial charge in [0.2, 0.25) is 0 Å². The number of rotatable bonds is 3. The highest BCUT2D eigenvalue weighted by atomic mass is 35.5. The third kappa shape index (κ3) is 2.80. The number of hydrogen-bond acceptors (Lipinski definition) is 3. The lowest BCUT2D eigenvalue weighted by atomic mass is 10.0. The highest BCUT2D eigenvalue weighted by Crippen LogP contribution is 2.34. The van der Waals surface area contributed by atoms with Crippen molar-refractivity contribution in [3.8, 4) is 22.6 Å². The molecular weight excluding hydrogens is 268 g/mol. The summed E-state index contributed by atoms with van der Waals surface area (Å²) in [7, 11) is 1.51. The van der Waals surface area contributed by atoms with E-state index in [2.05, 4.69) is 0 Å². The molecule has 0 aliphatic heterocycles. The van der Waals surface area contributed by atoms with Crippen LogP contribution in [0.5, 0.6) is 11.5 Å². The number of carbonyl (C=O) groups is 1. The van der Waals surface area contributed by atoms with Gasteiger partial charge in [0.15, 0.2) is 0 Å². The standard InChI is InChI=1S/C14H11ClO4/c1-19-13-3-2-10(15)7-12(13)8-4-9(14(17)18)6-11(16)5-8/h2-7,16H,1H3,(H,17,18). The smallest absolute Gasteiger partial charge is 0.335 e. The van der Waals surface area contributed by atoms with E-state index in [1.54, 1.807) is 18.2 Å². The molecule has 0 unspecified atom stereocenters. The molecule has 98 valence electrons. The topological polar surface area (TPSA) is 66.8 Å². The second-order valence-corrected chi connectivity index (χ2v) is 4.35. The molecule has 19 heavy (non-hydrogen) atoms. The number of halogens is 1. The summed E-state index contributed by atoms with van der Waals surface area (Å²) in [5.74, 6) is -0.693. The first-order chi connectivity index (χ1) is 9.01. The molecule has 0 saturated heterocycles. The van der Waals surface area contributed by atoms with Crippen LogP contribution in [-0.2, 0) is 0 Å². The van der Waals surface area contributed by atoms with Gasteiger partial charge in [-0.2, -0.15) is 0 Å². The highest BCUT2D eigenvalue weighted by molar-refractivity contribution is 6.31. The first-order valence-corrected chi connectivity index (χ1v) is 5.80. The van der Waals surface area contributed by atoms with E-state index in [1.165, 1.54) is 25.3 Å². The Balaban J connectivity index is 2.64. The first kappa shape index (κ1) is 13.2. The van der Waals surface area contributed by atoms with Crippen molar-refractivity contribution in [2.45, 2.75) is 0 Å². The quantitative estimate of drug-likeness (QED) is 0.903. The average Bonchev–Trinajstić information content (AvgIpc) is 2.37. The van der Waals surface area contributed by atoms with Crippen molar-refractivity contribution >= 4 is 17.6 Å². The number of aromatic carboxylic acids is 1. The fraction of sp³-hybridized carbons (Fsp3) is 0.0714. The number of aromatic hydroxyl groups is 1. The van der Waals surface area contributed by atoms with Crippen molar-refractivity contribution in [1.29, 1.82) is 0 Å². The maximum Gasteiger partial charge on any atom is 0.335 e. The van der Waals surface area contributed by atoms with Crippen LogP contribution in [0.1, 0.15) is 10.4 Å². The molecule has 0 bridgehead atoms. The fourth-order valence-electron chi connectivity index (χ4n) is 1.80. The Morgan fingerprint density at radius 3 is 2.58 bits per heavy atom. The van der Waals surface area contributed by atoms with E-state index in [0.29, 0.717) is 21.9 Å². The number of phenols is 1. The van der Waals surface area contributed by atoms with Crippen molar-refractivity contribution in [2.75, 3.05) is 7.11 Å². The van der Waals surface area contributed by atoms with Crippen LogP contribution in [0.2, 0.25) is 5.02 Å². The third-order valence-corrected chi connectivity index (χ3v) is 2.87. The summed E-state index contributed by atoms with van der Waals surface area (Å²) in [6.07, 6.45) is 0. The summed E-state index contributed by atoms with van der Waals surface area (Å²) in [5.41, 5.74) is 1.14. The van der Waals surface area contributed by atoms with E-state index < -0.39 is 5.97 Å². The van der Waals surface area contributed by atoms with E-state index in [4.69, 9.17) is 21.4 Å². The second kappa shape index (κ2) is 5.20. The lowest BCUT2D eigenvalue weighted by molar-refractivity contribution is 0.0696. The molecule has 0 saturated carbocycles. The zero-order valence-electron chi connectivity index (χ0n) is 10.1. The van der Waals surface area contributed by atoms with Crippen LogP contribution in [0, 0.1) is 0 Å². The number of phenolic OH excluding ortho intramolecular Hbond substituents is 1. The number of hydrogen-bond donors (Lipinski definition) is 2. The maximum absolute atomic E-state index is 11.0. The van der Waals surface area contributed by atoms with Crippen LogP contribution >= 0.6 is 11.6 Å². The fourth-order valence-corrected chi connectivity index (χ4v) is 1.97. The molecule has 4 nitrogen and oxygen atoms in total. The van der Waals surface area contributed by atoms with Gasteiger partial charge in [0.05, 0.1) is 12.7 Å². The molecule has 0 aromatic heterocycles. The van der Waals surface area contributed by atoms with Crippen LogP contribution in [-0.4, -0.2) is 23.3 Å². The summed E-state index contributed by atoms with van der Waals surface area (Å²) < 4.78 is 5.21. The predicted octanol–water partition coefficient (Wildman–Crippen LogP) is 3.42. The lowest BCUT2D eigenvalue weighted by Gasteiger charge is -2.10. The largest absolute Gasteiger partial charge is 0.508 e. The third-order valence-electron chi connectivity index (χ3n) is 2.64. The second-order valence-electron chi connectivity index (χ2n) is 3.92. The lowest BCUT2D eigenvalue weighted by Crippen LogP contribution is -1.97. The van der Waals surface area contributed by atoms with Crippen LogP contribution in [0.4, 0.5) is 0 Å². The Morgan fingerprint density at radius 1 is 1.21 bits per heavy atom. The molecule has 5 heteroatoms. The number of methoxy groups -OCH3 is 1. The minimum atomic E-state index is -1.11. The van der Waals surface area contributed by atoms with Gasteiger partial charge in [0.1, 0.15) is 11.5 Å². The van der Waals surface area contributed by atoms with Crippen molar-refractivity contribution < 1.29 is 19.7 Å². The van der Waals surface area contributed by atoms with E-state index in [9.17, 15) is 9.90 Å². The van der Waals surface area contributed by atoms with E-state index in [-0.39, 0.29) is 11.3 Å². The Hall–Kier alpha value is -2.20. The predicted molar refractivity (Wildman–Crippen MR) is 72.1 cm³/mol. The van der Waals surface area contributed by atoms with Gasteiger partial charge in [0, 0.05) is 10.6 Å². The molecule has 0 aliphatic carbocycles. The van der Waals surface area contributed by atoms with Gasteiger partial charge in [-0.1, -0.05) is 11.6 Å². The molecule has 0 radical (unpaired) electrons. The van der Waals surface area contributed by atoms with Crippen LogP contribution in [0.3, 0.4) is 0 Å². The van der Waals surface area contributed by atoms with Gasteiger partial charge in [-0.15, -0.1) is 0 Å². The van der Waals surface area contributed by atoms with Crippen molar-refractivity contribution in [2.24, 2.45) is 0 Å². The zero-order chi connectivity index (χ0) is 14.0. The average molecular weight is 279 g/mol. The van der Waals surface area contributed by atoms with Gasteiger partial charge in [0.25, 0.3) is 0 Å². The summed E-state index contributed by atoms with van der Waals surface area (Å²) in [6.45, 7) is 0. The molecule has 0 heterocycles. The van der Waals surface area contributed by atoms with Crippen LogP contribution in [0.25, 0.3) is 11.1 Å². The molecule has 2 aromatic rings. The Kier molecular flexibility index (Phi) is 3.62. The van der Waals surface area contributed by atoms with Gasteiger partial charge >= 0.3 is 5.97 Å². The van der Waals surface area contributed by atoms with Crippen molar-refractivity contribution in [3.63, 3.8) is 0 Å². The molecule has 0 spiro atoms. The number of benzene rings is 2. The maximum atomic E-state index is 11.0. The van der Waals surface area contributed by atoms with Crippen LogP contribution in [0.15, 0.2) is 36.4 Å². The van der Waals surface area contributed by atoms with Crippen LogP contribution < -0.4 is 4.74 Å². The summed E-state index contributed by atoms with van der Waals surface area (Å²) >= 11 is 5.93. The van der Waals surface area contributed by atoms with Gasteiger partial charge in [-0.25, -0.2) is 4.79 Å². The molecule has 2 rings (SSSR count). The number of carboxylic acid groups (broad SMARTS) is 1. The molecule has 0 fully saturated rings. The monoisotopic (exact) mass is 278 g/mol. The first-order valence-electron chi connectivity index (χ1n) is 5.42. The zero-order valence-corrected chi connectivity index (χ0v) is 10.8. The Morgan fingerprint density at radius 2 is 1.95 bits per heavy atom. The normalized spacial score (nSPS) is 10.2. The molecule has 0 amide bonds. The Bertz CT molecular complexity index is 637. The van der Waals surface area contributed by atoms with Crippen molar-refractivity contribution in [3.05, 3.63) is 47.0 Å². The molecule has 2 N–H and O–H groups in total. The van der Waals surface area contributed by atoms with E-state index in [1.807, 2.05) is 0 Å². The van der Waals surface area contributed by atoms with E-state index in [0.717, 1.165) is 0 Å². The number of carboxylic acids is 1. The molecular formula is C14H11ClO4. The minimum absolute atomic E-state index is 0.00275. The van der Waals surface area contributed by atoms with Gasteiger partial charge in [-0.3, -0.25) is 0 Å². The molecule has 2 aromatic carbocycles. The van der Waals surface area contributed by atoms with Crippen molar-refractivity contribution in [1.82, 2.24) is 0 Å². The SMILES string of the molecule is COc1ccc(Cl)cc1-c1cc(O)cc(C(=O)O)c1. The summed E-state index contributed by atoms with van der Waals surface area (Å²) in [5, 5.41) is 19.1. The minimum Gasteiger partial charge on any atom is -0.508 e. The summed E-state index contributed by atoms with van der Waals surface area (Å²) in [4.78, 5) is 11.0. The Labute approximate surface area is 114 Å². The van der Waals surface area contributed by atoms with Gasteiger partial charge < -0.3 is 14.9 Å². The molecule has 0 atom stereocenters. The molecule has 0 aliphatic rings. The van der Waals surface area contributed by atoms with E-state index >= 15 is 0 Å².